The molecule has 0 aromatic carbocycles. The van der Waals surface area contributed by atoms with Gasteiger partial charge in [0.15, 0.2) is 11.4 Å². The fraction of sp³-hybridized carbons (Fsp3) is 0.824. The SMILES string of the molecule is CCCCCCC(O)(CN1CCC(c2nc(C)no2)C1)C(=O)OC. The highest BCUT2D eigenvalue weighted by atomic mass is 16.5. The smallest absolute Gasteiger partial charge is 0.339 e. The van der Waals surface area contributed by atoms with Crippen LogP contribution in [0.3, 0.4) is 0 Å². The maximum Gasteiger partial charge on any atom is 0.339 e. The van der Waals surface area contributed by atoms with Crippen LogP contribution in [0.25, 0.3) is 0 Å². The van der Waals surface area contributed by atoms with Gasteiger partial charge in [0.1, 0.15) is 0 Å². The van der Waals surface area contributed by atoms with E-state index in [2.05, 4.69) is 22.0 Å². The van der Waals surface area contributed by atoms with Gasteiger partial charge in [0, 0.05) is 13.1 Å². The largest absolute Gasteiger partial charge is 0.467 e. The second-order valence-electron chi connectivity index (χ2n) is 6.73. The summed E-state index contributed by atoms with van der Waals surface area (Å²) >= 11 is 0. The molecular formula is C17H29N3O4. The normalized spacial score (nSPS) is 20.9. The van der Waals surface area contributed by atoms with Crippen molar-refractivity contribution in [2.24, 2.45) is 0 Å². The van der Waals surface area contributed by atoms with Crippen LogP contribution in [0.15, 0.2) is 4.52 Å². The standard InChI is InChI=1S/C17H29N3O4/c1-4-5-6-7-9-17(22,16(21)23-3)12-20-10-8-14(11-20)15-18-13(2)19-24-15/h14,22H,4-12H2,1-3H3. The number of β-amino-alcohol motifs (C(OH)–C–C–N with tert-alkyl or cyclic N) is 1. The lowest BCUT2D eigenvalue weighted by Crippen LogP contribution is -2.49. The number of methoxy groups -OCH3 is 1. The highest BCUT2D eigenvalue weighted by Crippen LogP contribution is 2.28. The first kappa shape index (κ1) is 18.9. The van der Waals surface area contributed by atoms with Crippen molar-refractivity contribution in [1.29, 1.82) is 0 Å². The van der Waals surface area contributed by atoms with E-state index in [9.17, 15) is 9.90 Å². The molecule has 1 aliphatic heterocycles. The van der Waals surface area contributed by atoms with E-state index < -0.39 is 11.6 Å². The van der Waals surface area contributed by atoms with Gasteiger partial charge >= 0.3 is 5.97 Å². The highest BCUT2D eigenvalue weighted by Gasteiger charge is 2.40. The zero-order valence-electron chi connectivity index (χ0n) is 15.0. The van der Waals surface area contributed by atoms with Gasteiger partial charge in [-0.2, -0.15) is 4.98 Å². The van der Waals surface area contributed by atoms with Gasteiger partial charge in [-0.05, 0) is 32.7 Å². The molecule has 1 fully saturated rings. The van der Waals surface area contributed by atoms with Crippen LogP contribution in [-0.4, -0.2) is 58.5 Å². The minimum absolute atomic E-state index is 0.160. The van der Waals surface area contributed by atoms with E-state index >= 15 is 0 Å². The molecular weight excluding hydrogens is 310 g/mol. The molecule has 2 unspecified atom stereocenters. The Morgan fingerprint density at radius 3 is 2.88 bits per heavy atom. The van der Waals surface area contributed by atoms with Crippen molar-refractivity contribution in [3.8, 4) is 0 Å². The Morgan fingerprint density at radius 2 is 2.25 bits per heavy atom. The number of rotatable bonds is 9. The molecule has 136 valence electrons. The lowest BCUT2D eigenvalue weighted by atomic mass is 9.95. The van der Waals surface area contributed by atoms with E-state index in [0.717, 1.165) is 38.6 Å². The minimum atomic E-state index is -1.44. The number of aromatic nitrogens is 2. The zero-order chi connectivity index (χ0) is 17.6. The fourth-order valence-corrected chi connectivity index (χ4v) is 3.31. The van der Waals surface area contributed by atoms with E-state index in [0.29, 0.717) is 24.7 Å². The molecule has 1 saturated heterocycles. The summed E-state index contributed by atoms with van der Waals surface area (Å²) in [6.45, 7) is 5.72. The van der Waals surface area contributed by atoms with E-state index in [-0.39, 0.29) is 12.5 Å². The summed E-state index contributed by atoms with van der Waals surface area (Å²) in [6, 6.07) is 0. The molecule has 0 amide bonds. The lowest BCUT2D eigenvalue weighted by molar-refractivity contribution is -0.165. The maximum atomic E-state index is 12.1. The molecule has 7 heteroatoms. The van der Waals surface area contributed by atoms with Crippen molar-refractivity contribution in [3.63, 3.8) is 0 Å². The molecule has 1 N–H and O–H groups in total. The summed E-state index contributed by atoms with van der Waals surface area (Å²) in [4.78, 5) is 18.5. The molecule has 1 aromatic heterocycles. The van der Waals surface area contributed by atoms with Crippen molar-refractivity contribution in [1.82, 2.24) is 15.0 Å². The molecule has 0 radical (unpaired) electrons. The van der Waals surface area contributed by atoms with Crippen LogP contribution in [-0.2, 0) is 9.53 Å². The molecule has 2 rings (SSSR count). The maximum absolute atomic E-state index is 12.1. The van der Waals surface area contributed by atoms with Gasteiger partial charge in [-0.25, -0.2) is 4.79 Å². The molecule has 2 heterocycles. The van der Waals surface area contributed by atoms with E-state index in [4.69, 9.17) is 9.26 Å². The van der Waals surface area contributed by atoms with Crippen molar-refractivity contribution in [3.05, 3.63) is 11.7 Å². The van der Waals surface area contributed by atoms with Crippen molar-refractivity contribution >= 4 is 5.97 Å². The first-order chi connectivity index (χ1) is 11.5. The summed E-state index contributed by atoms with van der Waals surface area (Å²) in [6.07, 6.45) is 5.38. The number of hydrogen-bond donors (Lipinski definition) is 1. The summed E-state index contributed by atoms with van der Waals surface area (Å²) < 4.78 is 10.1. The van der Waals surface area contributed by atoms with E-state index in [1.165, 1.54) is 7.11 Å². The summed E-state index contributed by atoms with van der Waals surface area (Å²) in [5.41, 5.74) is -1.44. The number of ether oxygens (including phenoxy) is 1. The van der Waals surface area contributed by atoms with Gasteiger partial charge in [-0.3, -0.25) is 4.90 Å². The fourth-order valence-electron chi connectivity index (χ4n) is 3.31. The predicted octanol–water partition coefficient (Wildman–Crippen LogP) is 2.04. The molecule has 1 aromatic rings. The van der Waals surface area contributed by atoms with Crippen LogP contribution in [0.2, 0.25) is 0 Å². The first-order valence-corrected chi connectivity index (χ1v) is 8.82. The minimum Gasteiger partial charge on any atom is -0.467 e. The summed E-state index contributed by atoms with van der Waals surface area (Å²) in [5, 5.41) is 14.7. The molecule has 0 aliphatic carbocycles. The average Bonchev–Trinajstić information content (AvgIpc) is 3.19. The third-order valence-corrected chi connectivity index (χ3v) is 4.66. The Hall–Kier alpha value is -1.47. The van der Waals surface area contributed by atoms with Gasteiger partial charge in [0.05, 0.1) is 13.0 Å². The van der Waals surface area contributed by atoms with Crippen LogP contribution < -0.4 is 0 Å². The molecule has 1 aliphatic rings. The van der Waals surface area contributed by atoms with Crippen LogP contribution in [0.4, 0.5) is 0 Å². The van der Waals surface area contributed by atoms with Crippen molar-refractivity contribution in [2.75, 3.05) is 26.7 Å². The molecule has 0 bridgehead atoms. The summed E-state index contributed by atoms with van der Waals surface area (Å²) in [7, 11) is 1.33. The Morgan fingerprint density at radius 1 is 1.46 bits per heavy atom. The van der Waals surface area contributed by atoms with Crippen LogP contribution in [0.1, 0.15) is 63.1 Å². The third kappa shape index (κ3) is 4.77. The number of unbranched alkanes of at least 4 members (excludes halogenated alkanes) is 3. The van der Waals surface area contributed by atoms with Crippen molar-refractivity contribution < 1.29 is 19.2 Å². The molecule has 2 atom stereocenters. The number of nitrogens with zero attached hydrogens (tertiary/aromatic N) is 3. The number of hydrogen-bond acceptors (Lipinski definition) is 7. The Bertz CT molecular complexity index is 534. The predicted molar refractivity (Wildman–Crippen MR) is 88.6 cm³/mol. The topological polar surface area (TPSA) is 88.7 Å². The van der Waals surface area contributed by atoms with Gasteiger partial charge < -0.3 is 14.4 Å². The van der Waals surface area contributed by atoms with Gasteiger partial charge in [-0.15, -0.1) is 0 Å². The number of aryl methyl sites for hydroxylation is 1. The summed E-state index contributed by atoms with van der Waals surface area (Å²) in [5.74, 6) is 0.884. The number of carbonyl (C=O) groups is 1. The lowest BCUT2D eigenvalue weighted by Gasteiger charge is -2.30. The van der Waals surface area contributed by atoms with Crippen LogP contribution in [0, 0.1) is 6.92 Å². The van der Waals surface area contributed by atoms with Crippen molar-refractivity contribution in [2.45, 2.75) is 63.9 Å². The third-order valence-electron chi connectivity index (χ3n) is 4.66. The number of carbonyl (C=O) groups excluding carboxylic acids is 1. The van der Waals surface area contributed by atoms with Gasteiger partial charge in [-0.1, -0.05) is 31.3 Å². The van der Waals surface area contributed by atoms with Crippen LogP contribution >= 0.6 is 0 Å². The van der Waals surface area contributed by atoms with E-state index in [1.54, 1.807) is 6.92 Å². The Balaban J connectivity index is 1.93. The average molecular weight is 339 g/mol. The second-order valence-corrected chi connectivity index (χ2v) is 6.73. The molecule has 7 nitrogen and oxygen atoms in total. The van der Waals surface area contributed by atoms with E-state index in [1.807, 2.05) is 0 Å². The number of esters is 1. The molecule has 0 saturated carbocycles. The number of aliphatic hydroxyl groups is 1. The Labute approximate surface area is 143 Å². The van der Waals surface area contributed by atoms with Crippen LogP contribution in [0.5, 0.6) is 0 Å². The number of likely N-dealkylation sites (tertiary alicyclic amines) is 1. The first-order valence-electron chi connectivity index (χ1n) is 8.82. The highest BCUT2D eigenvalue weighted by molar-refractivity contribution is 5.79. The quantitative estimate of drug-likeness (QED) is 0.544. The second kappa shape index (κ2) is 8.58. The molecule has 0 spiro atoms. The van der Waals surface area contributed by atoms with Gasteiger partial charge in [0.2, 0.25) is 5.89 Å². The van der Waals surface area contributed by atoms with Gasteiger partial charge in [0.25, 0.3) is 0 Å². The zero-order valence-corrected chi connectivity index (χ0v) is 15.0. The molecule has 24 heavy (non-hydrogen) atoms. The Kier molecular flexibility index (Phi) is 6.74. The monoisotopic (exact) mass is 339 g/mol.